The smallest absolute Gasteiger partial charge is 0.397 e. The van der Waals surface area contributed by atoms with Crippen molar-refractivity contribution in [3.8, 4) is 0 Å². The number of hydrogen-bond donors (Lipinski definition) is 1. The summed E-state index contributed by atoms with van der Waals surface area (Å²) in [5.74, 6) is -1.55. The number of ether oxygens (including phenoxy) is 1. The third kappa shape index (κ3) is 6.38. The van der Waals surface area contributed by atoms with E-state index in [1.807, 2.05) is 24.3 Å². The second-order valence-electron chi connectivity index (χ2n) is 5.14. The number of benzene rings is 1. The number of carbonyl (C=O) groups is 2. The van der Waals surface area contributed by atoms with Gasteiger partial charge in [-0.15, -0.1) is 0 Å². The Morgan fingerprint density at radius 3 is 2.58 bits per heavy atom. The molecule has 0 saturated carbocycles. The Labute approximate surface area is 121 Å². The van der Waals surface area contributed by atoms with Gasteiger partial charge < -0.3 is 10.1 Å². The molecular formula is C14H18BrNO3. The van der Waals surface area contributed by atoms with Crippen LogP contribution in [0, 0.1) is 0 Å². The fraction of sp³-hybridized carbons (Fsp3) is 0.429. The Bertz CT molecular complexity index is 466. The lowest BCUT2D eigenvalue weighted by Crippen LogP contribution is -2.37. The van der Waals surface area contributed by atoms with Gasteiger partial charge in [0.2, 0.25) is 0 Å². The Balaban J connectivity index is 2.37. The summed E-state index contributed by atoms with van der Waals surface area (Å²) < 4.78 is 5.95. The predicted octanol–water partition coefficient (Wildman–Crippen LogP) is 2.45. The molecule has 4 nitrogen and oxygen atoms in total. The van der Waals surface area contributed by atoms with E-state index in [2.05, 4.69) is 21.2 Å². The normalized spacial score (nSPS) is 10.9. The minimum Gasteiger partial charge on any atom is -0.453 e. The Morgan fingerprint density at radius 1 is 1.32 bits per heavy atom. The molecule has 0 saturated heterocycles. The molecule has 0 heterocycles. The van der Waals surface area contributed by atoms with Crippen molar-refractivity contribution in [2.24, 2.45) is 0 Å². The average molecular weight is 328 g/mol. The van der Waals surface area contributed by atoms with Crippen LogP contribution in [0.1, 0.15) is 26.3 Å². The maximum atomic E-state index is 11.5. The van der Waals surface area contributed by atoms with Crippen molar-refractivity contribution < 1.29 is 14.3 Å². The van der Waals surface area contributed by atoms with E-state index in [0.29, 0.717) is 13.0 Å². The minimum atomic E-state index is -0.846. The SMILES string of the molecule is CC(C)(C)OC(=O)C(=O)NCCc1cccc(Br)c1. The van der Waals surface area contributed by atoms with Crippen molar-refractivity contribution in [2.45, 2.75) is 32.8 Å². The van der Waals surface area contributed by atoms with Crippen molar-refractivity contribution in [1.82, 2.24) is 5.32 Å². The molecule has 0 spiro atoms. The Kier molecular flexibility index (Phi) is 5.54. The van der Waals surface area contributed by atoms with E-state index in [9.17, 15) is 9.59 Å². The zero-order valence-electron chi connectivity index (χ0n) is 11.3. The van der Waals surface area contributed by atoms with Crippen LogP contribution in [0.25, 0.3) is 0 Å². The molecule has 0 aromatic heterocycles. The topological polar surface area (TPSA) is 55.4 Å². The first kappa shape index (κ1) is 15.7. The molecule has 1 rings (SSSR count). The first-order valence-corrected chi connectivity index (χ1v) is 6.83. The van der Waals surface area contributed by atoms with Crippen molar-refractivity contribution in [1.29, 1.82) is 0 Å². The van der Waals surface area contributed by atoms with Crippen LogP contribution in [-0.4, -0.2) is 24.0 Å². The van der Waals surface area contributed by atoms with Gasteiger partial charge in [-0.25, -0.2) is 4.79 Å². The first-order valence-electron chi connectivity index (χ1n) is 6.03. The van der Waals surface area contributed by atoms with Crippen LogP contribution in [0.2, 0.25) is 0 Å². The van der Waals surface area contributed by atoms with E-state index >= 15 is 0 Å². The molecular weight excluding hydrogens is 310 g/mol. The highest BCUT2D eigenvalue weighted by molar-refractivity contribution is 9.10. The zero-order valence-corrected chi connectivity index (χ0v) is 12.9. The van der Waals surface area contributed by atoms with Gasteiger partial charge >= 0.3 is 11.9 Å². The summed E-state index contributed by atoms with van der Waals surface area (Å²) in [7, 11) is 0. The third-order valence-corrected chi connectivity index (χ3v) is 2.67. The maximum Gasteiger partial charge on any atom is 0.397 e. The number of halogens is 1. The molecule has 0 unspecified atom stereocenters. The molecule has 0 aliphatic rings. The molecule has 5 heteroatoms. The minimum absolute atomic E-state index is 0.397. The highest BCUT2D eigenvalue weighted by Gasteiger charge is 2.22. The van der Waals surface area contributed by atoms with Gasteiger partial charge in [0.1, 0.15) is 5.60 Å². The molecule has 0 radical (unpaired) electrons. The van der Waals surface area contributed by atoms with Crippen molar-refractivity contribution in [3.63, 3.8) is 0 Å². The summed E-state index contributed by atoms with van der Waals surface area (Å²) in [6.45, 7) is 5.56. The first-order chi connectivity index (χ1) is 8.78. The highest BCUT2D eigenvalue weighted by Crippen LogP contribution is 2.11. The summed E-state index contributed by atoms with van der Waals surface area (Å²) >= 11 is 3.38. The summed E-state index contributed by atoms with van der Waals surface area (Å²) in [6, 6.07) is 7.79. The molecule has 0 aliphatic heterocycles. The highest BCUT2D eigenvalue weighted by atomic mass is 79.9. The van der Waals surface area contributed by atoms with Gasteiger partial charge in [-0.05, 0) is 44.9 Å². The molecule has 1 N–H and O–H groups in total. The molecule has 0 atom stereocenters. The van der Waals surface area contributed by atoms with Crippen molar-refractivity contribution in [3.05, 3.63) is 34.3 Å². The number of nitrogens with one attached hydrogen (secondary N) is 1. The van der Waals surface area contributed by atoms with Crippen LogP contribution in [0.5, 0.6) is 0 Å². The summed E-state index contributed by atoms with van der Waals surface area (Å²) in [5.41, 5.74) is 0.428. The fourth-order valence-electron chi connectivity index (χ4n) is 1.41. The maximum absolute atomic E-state index is 11.5. The Hall–Kier alpha value is -1.36. The van der Waals surface area contributed by atoms with Gasteiger partial charge in [-0.1, -0.05) is 28.1 Å². The van der Waals surface area contributed by atoms with Gasteiger partial charge in [-0.2, -0.15) is 0 Å². The van der Waals surface area contributed by atoms with E-state index in [0.717, 1.165) is 10.0 Å². The average Bonchev–Trinajstić information content (AvgIpc) is 2.26. The van der Waals surface area contributed by atoms with E-state index < -0.39 is 17.5 Å². The molecule has 1 aromatic rings. The quantitative estimate of drug-likeness (QED) is 0.685. The van der Waals surface area contributed by atoms with Crippen LogP contribution in [-0.2, 0) is 20.7 Å². The van der Waals surface area contributed by atoms with E-state index in [1.54, 1.807) is 20.8 Å². The van der Waals surface area contributed by atoms with Crippen LogP contribution >= 0.6 is 15.9 Å². The van der Waals surface area contributed by atoms with Crippen LogP contribution in [0.15, 0.2) is 28.7 Å². The lowest BCUT2D eigenvalue weighted by Gasteiger charge is -2.18. The van der Waals surface area contributed by atoms with E-state index in [4.69, 9.17) is 4.74 Å². The van der Waals surface area contributed by atoms with Gasteiger partial charge in [0, 0.05) is 11.0 Å². The molecule has 0 fully saturated rings. The number of carbonyl (C=O) groups excluding carboxylic acids is 2. The summed E-state index contributed by atoms with van der Waals surface area (Å²) in [6.07, 6.45) is 0.661. The molecule has 0 aliphatic carbocycles. The van der Waals surface area contributed by atoms with E-state index in [1.165, 1.54) is 0 Å². The van der Waals surface area contributed by atoms with Gasteiger partial charge in [0.25, 0.3) is 0 Å². The standard InChI is InChI=1S/C14H18BrNO3/c1-14(2,3)19-13(18)12(17)16-8-7-10-5-4-6-11(15)9-10/h4-6,9H,7-8H2,1-3H3,(H,16,17). The predicted molar refractivity (Wildman–Crippen MR) is 76.7 cm³/mol. The molecule has 1 aromatic carbocycles. The van der Waals surface area contributed by atoms with Crippen LogP contribution in [0.4, 0.5) is 0 Å². The van der Waals surface area contributed by atoms with Crippen LogP contribution < -0.4 is 5.32 Å². The Morgan fingerprint density at radius 2 is 2.00 bits per heavy atom. The molecule has 1 amide bonds. The lowest BCUT2D eigenvalue weighted by atomic mass is 10.1. The monoisotopic (exact) mass is 327 g/mol. The number of amides is 1. The molecule has 0 bridgehead atoms. The number of rotatable bonds is 3. The second kappa shape index (κ2) is 6.70. The lowest BCUT2D eigenvalue weighted by molar-refractivity contribution is -0.163. The van der Waals surface area contributed by atoms with Gasteiger partial charge in [0.05, 0.1) is 0 Å². The molecule has 19 heavy (non-hydrogen) atoms. The van der Waals surface area contributed by atoms with Gasteiger partial charge in [-0.3, -0.25) is 4.79 Å². The van der Waals surface area contributed by atoms with Crippen molar-refractivity contribution >= 4 is 27.8 Å². The van der Waals surface area contributed by atoms with Gasteiger partial charge in [0.15, 0.2) is 0 Å². The zero-order chi connectivity index (χ0) is 14.5. The molecule has 104 valence electrons. The van der Waals surface area contributed by atoms with Crippen LogP contribution in [0.3, 0.4) is 0 Å². The fourth-order valence-corrected chi connectivity index (χ4v) is 1.86. The summed E-state index contributed by atoms with van der Waals surface area (Å²) in [4.78, 5) is 22.9. The van der Waals surface area contributed by atoms with E-state index in [-0.39, 0.29) is 0 Å². The third-order valence-electron chi connectivity index (χ3n) is 2.17. The largest absolute Gasteiger partial charge is 0.453 e. The summed E-state index contributed by atoms with van der Waals surface area (Å²) in [5, 5.41) is 2.54. The second-order valence-corrected chi connectivity index (χ2v) is 6.05. The number of hydrogen-bond acceptors (Lipinski definition) is 3. The number of esters is 1. The van der Waals surface area contributed by atoms with Crippen molar-refractivity contribution in [2.75, 3.05) is 6.54 Å².